The van der Waals surface area contributed by atoms with Crippen molar-refractivity contribution in [2.75, 3.05) is 0 Å². The van der Waals surface area contributed by atoms with E-state index in [1.54, 1.807) is 24.3 Å². The maximum absolute atomic E-state index is 13.5. The minimum Gasteiger partial charge on any atom is -0.457 e. The van der Waals surface area contributed by atoms with Gasteiger partial charge in [0.2, 0.25) is 0 Å². The predicted molar refractivity (Wildman–Crippen MR) is 121 cm³/mol. The van der Waals surface area contributed by atoms with Crippen LogP contribution in [0.1, 0.15) is 21.7 Å². The van der Waals surface area contributed by atoms with Crippen molar-refractivity contribution in [3.05, 3.63) is 100 Å². The minimum absolute atomic E-state index is 0.0444. The number of nitrogens with zero attached hydrogens (tertiary/aromatic N) is 3. The third-order valence-electron chi connectivity index (χ3n) is 4.49. The van der Waals surface area contributed by atoms with E-state index in [0.717, 1.165) is 0 Å². The molecule has 2 N–H and O–H groups in total. The Balaban J connectivity index is 1.54. The number of carbonyl (C=O) groups excluding carboxylic acids is 1. The molecule has 0 amide bonds. The predicted octanol–water partition coefficient (Wildman–Crippen LogP) is 5.25. The minimum atomic E-state index is -0.458. The summed E-state index contributed by atoms with van der Waals surface area (Å²) < 4.78 is 24.2. The van der Waals surface area contributed by atoms with Crippen LogP contribution in [0.5, 0.6) is 11.5 Å². The summed E-state index contributed by atoms with van der Waals surface area (Å²) in [5.74, 6) is 0.311. The van der Waals surface area contributed by atoms with Gasteiger partial charge < -0.3 is 4.74 Å². The van der Waals surface area contributed by atoms with Gasteiger partial charge in [0, 0.05) is 5.56 Å². The highest BCUT2D eigenvalue weighted by Crippen LogP contribution is 2.24. The van der Waals surface area contributed by atoms with E-state index in [4.69, 9.17) is 9.37 Å². The van der Waals surface area contributed by atoms with Crippen molar-refractivity contribution < 1.29 is 23.8 Å². The summed E-state index contributed by atoms with van der Waals surface area (Å²) in [4.78, 5) is 17.1. The lowest BCUT2D eigenvalue weighted by Gasteiger charge is -2.07. The summed E-state index contributed by atoms with van der Waals surface area (Å²) in [5, 5.41) is 17.1. The maximum atomic E-state index is 13.5. The number of hydrogen-bond donors (Lipinski definition) is 2. The van der Waals surface area contributed by atoms with Gasteiger partial charge in [-0.2, -0.15) is 0 Å². The van der Waals surface area contributed by atoms with E-state index < -0.39 is 5.82 Å². The standard InChI is InChI=1S/C23H16BrFN4O4/c24-18-12-15(9-10-19(18)25)26-23(27-31)22-20(28-33-29-22)13-21(30)14-5-4-8-17(11-14)32-16-6-2-1-3-7-16/h1-12,31H,13H2,(H,26,27). The van der Waals surface area contributed by atoms with Crippen molar-refractivity contribution in [3.63, 3.8) is 0 Å². The molecule has 33 heavy (non-hydrogen) atoms. The van der Waals surface area contributed by atoms with Crippen LogP contribution in [0.3, 0.4) is 0 Å². The Hall–Kier alpha value is -3.89. The molecule has 10 heteroatoms. The number of hydroxylamine groups is 1. The summed E-state index contributed by atoms with van der Waals surface area (Å²) in [6.45, 7) is 0. The molecule has 4 aromatic rings. The molecule has 1 heterocycles. The fourth-order valence-electron chi connectivity index (χ4n) is 2.93. The number of carbonyl (C=O) groups is 1. The molecule has 0 radical (unpaired) electrons. The Bertz CT molecular complexity index is 1310. The Morgan fingerprint density at radius 1 is 1.06 bits per heavy atom. The SMILES string of the molecule is O=C(Cc1nonc1C(=Nc1ccc(F)c(Br)c1)NO)c1cccc(Oc2ccccc2)c1. The van der Waals surface area contributed by atoms with E-state index in [2.05, 4.69) is 31.2 Å². The number of para-hydroxylation sites is 1. The van der Waals surface area contributed by atoms with Gasteiger partial charge in [0.1, 0.15) is 23.0 Å². The van der Waals surface area contributed by atoms with E-state index in [9.17, 15) is 14.4 Å². The van der Waals surface area contributed by atoms with Crippen molar-refractivity contribution >= 4 is 33.2 Å². The summed E-state index contributed by atoms with van der Waals surface area (Å²) in [5.41, 5.74) is 2.85. The zero-order valence-electron chi connectivity index (χ0n) is 16.9. The number of Topliss-reactive ketones (excluding diaryl/α,β-unsaturated/α-hetero) is 1. The quantitative estimate of drug-likeness (QED) is 0.151. The van der Waals surface area contributed by atoms with Crippen LogP contribution in [-0.4, -0.2) is 27.1 Å². The molecule has 0 atom stereocenters. The molecular formula is C23H16BrFN4O4. The number of aromatic nitrogens is 2. The van der Waals surface area contributed by atoms with E-state index in [0.29, 0.717) is 22.7 Å². The van der Waals surface area contributed by atoms with Gasteiger partial charge in [-0.3, -0.25) is 15.5 Å². The molecule has 166 valence electrons. The smallest absolute Gasteiger partial charge is 0.182 e. The molecule has 0 aliphatic rings. The number of nitrogens with one attached hydrogen (secondary N) is 1. The van der Waals surface area contributed by atoms with Crippen LogP contribution >= 0.6 is 15.9 Å². The molecule has 0 fully saturated rings. The molecule has 1 aromatic heterocycles. The van der Waals surface area contributed by atoms with E-state index in [1.807, 2.05) is 35.8 Å². The molecule has 3 aromatic carbocycles. The molecule has 0 aliphatic carbocycles. The molecule has 0 bridgehead atoms. The average Bonchev–Trinajstić information content (AvgIpc) is 3.28. The molecule has 0 unspecified atom stereocenters. The number of ketones is 1. The van der Waals surface area contributed by atoms with E-state index >= 15 is 0 Å². The van der Waals surface area contributed by atoms with Gasteiger partial charge in [-0.1, -0.05) is 35.5 Å². The number of rotatable bonds is 7. The fourth-order valence-corrected chi connectivity index (χ4v) is 3.30. The lowest BCUT2D eigenvalue weighted by Crippen LogP contribution is -2.22. The van der Waals surface area contributed by atoms with Crippen LogP contribution in [0.25, 0.3) is 0 Å². The first-order valence-electron chi connectivity index (χ1n) is 9.65. The Morgan fingerprint density at radius 2 is 1.85 bits per heavy atom. The van der Waals surface area contributed by atoms with E-state index in [-0.39, 0.29) is 33.9 Å². The highest BCUT2D eigenvalue weighted by Gasteiger charge is 2.20. The number of aliphatic imine (C=N–C) groups is 1. The van der Waals surface area contributed by atoms with Crippen molar-refractivity contribution in [3.8, 4) is 11.5 Å². The topological polar surface area (TPSA) is 110 Å². The largest absolute Gasteiger partial charge is 0.457 e. The molecule has 0 saturated carbocycles. The van der Waals surface area contributed by atoms with Gasteiger partial charge in [0.25, 0.3) is 0 Å². The molecule has 0 aliphatic heterocycles. The molecule has 0 saturated heterocycles. The fraction of sp³-hybridized carbons (Fsp3) is 0.0435. The lowest BCUT2D eigenvalue weighted by molar-refractivity contribution is 0.0990. The van der Waals surface area contributed by atoms with Gasteiger partial charge in [-0.05, 0) is 63.6 Å². The second-order valence-electron chi connectivity index (χ2n) is 6.77. The number of ether oxygens (including phenoxy) is 1. The third kappa shape index (κ3) is 5.48. The van der Waals surface area contributed by atoms with Gasteiger partial charge in [-0.25, -0.2) is 14.0 Å². The molecule has 8 nitrogen and oxygen atoms in total. The first kappa shape index (κ1) is 22.3. The van der Waals surface area contributed by atoms with Gasteiger partial charge >= 0.3 is 0 Å². The summed E-state index contributed by atoms with van der Waals surface area (Å²) in [6.07, 6.45) is -0.165. The highest BCUT2D eigenvalue weighted by molar-refractivity contribution is 9.10. The van der Waals surface area contributed by atoms with Crippen molar-refractivity contribution in [2.24, 2.45) is 4.99 Å². The maximum Gasteiger partial charge on any atom is 0.182 e. The lowest BCUT2D eigenvalue weighted by atomic mass is 10.1. The van der Waals surface area contributed by atoms with Gasteiger partial charge in [-0.15, -0.1) is 0 Å². The summed E-state index contributed by atoms with van der Waals surface area (Å²) in [7, 11) is 0. The van der Waals surface area contributed by atoms with Gasteiger partial charge in [0.15, 0.2) is 17.3 Å². The zero-order chi connectivity index (χ0) is 23.2. The third-order valence-corrected chi connectivity index (χ3v) is 5.10. The van der Waals surface area contributed by atoms with Crippen LogP contribution in [-0.2, 0) is 6.42 Å². The normalized spacial score (nSPS) is 11.3. The number of amidine groups is 1. The monoisotopic (exact) mass is 510 g/mol. The first-order valence-corrected chi connectivity index (χ1v) is 10.4. The Morgan fingerprint density at radius 3 is 2.61 bits per heavy atom. The van der Waals surface area contributed by atoms with Crippen LogP contribution < -0.4 is 10.2 Å². The number of halogens is 2. The van der Waals surface area contributed by atoms with Crippen molar-refractivity contribution in [1.82, 2.24) is 15.8 Å². The zero-order valence-corrected chi connectivity index (χ0v) is 18.5. The molecule has 0 spiro atoms. The van der Waals surface area contributed by atoms with Crippen LogP contribution in [0.4, 0.5) is 10.1 Å². The average molecular weight is 511 g/mol. The molecular weight excluding hydrogens is 495 g/mol. The van der Waals surface area contributed by atoms with E-state index in [1.165, 1.54) is 18.2 Å². The van der Waals surface area contributed by atoms with Crippen LogP contribution in [0.15, 0.2) is 86.9 Å². The summed E-state index contributed by atoms with van der Waals surface area (Å²) in [6, 6.07) is 20.0. The van der Waals surface area contributed by atoms with Crippen molar-refractivity contribution in [1.29, 1.82) is 0 Å². The molecule has 4 rings (SSSR count). The van der Waals surface area contributed by atoms with Gasteiger partial charge in [0.05, 0.1) is 16.6 Å². The van der Waals surface area contributed by atoms with Crippen molar-refractivity contribution in [2.45, 2.75) is 6.42 Å². The first-order chi connectivity index (χ1) is 16.0. The van der Waals surface area contributed by atoms with Crippen LogP contribution in [0.2, 0.25) is 0 Å². The summed E-state index contributed by atoms with van der Waals surface area (Å²) >= 11 is 3.08. The van der Waals surface area contributed by atoms with Crippen LogP contribution in [0, 0.1) is 5.82 Å². The second-order valence-corrected chi connectivity index (χ2v) is 7.63. The highest BCUT2D eigenvalue weighted by atomic mass is 79.9. The Kier molecular flexibility index (Phi) is 6.86. The number of benzene rings is 3. The number of hydrogen-bond acceptors (Lipinski definition) is 7. The Labute approximate surface area is 195 Å². The second kappa shape index (κ2) is 10.2.